The van der Waals surface area contributed by atoms with E-state index in [4.69, 9.17) is 0 Å². The number of carbonyl (C=O) groups excluding carboxylic acids is 1. The van der Waals surface area contributed by atoms with Crippen LogP contribution >= 0.6 is 15.9 Å². The van der Waals surface area contributed by atoms with Gasteiger partial charge in [0.25, 0.3) is 0 Å². The first-order chi connectivity index (χ1) is 8.79. The predicted molar refractivity (Wildman–Crippen MR) is 84.0 cm³/mol. The van der Waals surface area contributed by atoms with Gasteiger partial charge in [0.15, 0.2) is 0 Å². The second kappa shape index (κ2) is 6.56. The van der Waals surface area contributed by atoms with Crippen molar-refractivity contribution < 1.29 is 4.79 Å². The minimum atomic E-state index is -0.343. The third kappa shape index (κ3) is 4.07. The molecule has 0 aliphatic heterocycles. The molecule has 1 atom stereocenters. The lowest BCUT2D eigenvalue weighted by Gasteiger charge is -2.35. The van der Waals surface area contributed by atoms with Crippen molar-refractivity contribution in [2.45, 2.75) is 47.1 Å². The molecule has 0 saturated carbocycles. The zero-order chi connectivity index (χ0) is 14.6. The molecule has 0 aliphatic carbocycles. The third-order valence-corrected chi connectivity index (χ3v) is 3.91. The zero-order valence-electron chi connectivity index (χ0n) is 12.5. The molecule has 2 nitrogen and oxygen atoms in total. The van der Waals surface area contributed by atoms with Crippen molar-refractivity contribution in [1.82, 2.24) is 4.90 Å². The number of hydrogen-bond donors (Lipinski definition) is 0. The van der Waals surface area contributed by atoms with E-state index in [1.54, 1.807) is 0 Å². The van der Waals surface area contributed by atoms with E-state index < -0.39 is 0 Å². The summed E-state index contributed by atoms with van der Waals surface area (Å²) in [5.74, 6) is 0.206. The van der Waals surface area contributed by atoms with Crippen LogP contribution < -0.4 is 0 Å². The van der Waals surface area contributed by atoms with Crippen LogP contribution in [0, 0.1) is 5.41 Å². The molecule has 106 valence electrons. The summed E-state index contributed by atoms with van der Waals surface area (Å²) in [5, 5.41) is 0. The molecule has 0 fully saturated rings. The van der Waals surface area contributed by atoms with Crippen LogP contribution in [0.2, 0.25) is 0 Å². The number of amides is 1. The molecular formula is C16H24BrNO. The van der Waals surface area contributed by atoms with E-state index in [-0.39, 0.29) is 17.4 Å². The van der Waals surface area contributed by atoms with Crippen molar-refractivity contribution in [3.63, 3.8) is 0 Å². The number of halogens is 1. The Morgan fingerprint density at radius 3 is 2.37 bits per heavy atom. The molecule has 3 heteroatoms. The van der Waals surface area contributed by atoms with E-state index >= 15 is 0 Å². The molecule has 0 radical (unpaired) electrons. The van der Waals surface area contributed by atoms with Crippen LogP contribution in [0.3, 0.4) is 0 Å². The van der Waals surface area contributed by atoms with E-state index in [2.05, 4.69) is 35.8 Å². The van der Waals surface area contributed by atoms with Crippen molar-refractivity contribution in [3.05, 3.63) is 34.3 Å². The first kappa shape index (κ1) is 16.2. The van der Waals surface area contributed by atoms with E-state index in [1.807, 2.05) is 43.9 Å². The van der Waals surface area contributed by atoms with Gasteiger partial charge in [-0.25, -0.2) is 0 Å². The SMILES string of the molecule is CCCN(C(=O)C(C)(C)C)C(C)c1ccccc1Br. The third-order valence-electron chi connectivity index (χ3n) is 3.19. The maximum atomic E-state index is 12.6. The molecule has 0 saturated heterocycles. The Bertz CT molecular complexity index is 437. The minimum Gasteiger partial charge on any atom is -0.335 e. The van der Waals surface area contributed by atoms with E-state index in [0.29, 0.717) is 0 Å². The fourth-order valence-corrected chi connectivity index (χ4v) is 2.74. The van der Waals surface area contributed by atoms with Gasteiger partial charge in [-0.3, -0.25) is 4.79 Å². The van der Waals surface area contributed by atoms with Crippen LogP contribution in [0.5, 0.6) is 0 Å². The Kier molecular flexibility index (Phi) is 5.60. The first-order valence-electron chi connectivity index (χ1n) is 6.84. The maximum absolute atomic E-state index is 12.6. The maximum Gasteiger partial charge on any atom is 0.228 e. The molecule has 0 heterocycles. The molecule has 0 N–H and O–H groups in total. The van der Waals surface area contributed by atoms with E-state index in [1.165, 1.54) is 0 Å². The van der Waals surface area contributed by atoms with Crippen molar-refractivity contribution >= 4 is 21.8 Å². The van der Waals surface area contributed by atoms with Crippen molar-refractivity contribution in [2.75, 3.05) is 6.54 Å². The van der Waals surface area contributed by atoms with Crippen LogP contribution in [-0.2, 0) is 4.79 Å². The Balaban J connectivity index is 3.06. The summed E-state index contributed by atoms with van der Waals surface area (Å²) in [4.78, 5) is 14.6. The molecule has 1 aromatic carbocycles. The van der Waals surface area contributed by atoms with Crippen LogP contribution in [0.4, 0.5) is 0 Å². The molecule has 0 spiro atoms. The molecule has 0 aliphatic rings. The Hall–Kier alpha value is -0.830. The normalized spacial score (nSPS) is 13.2. The molecule has 0 aromatic heterocycles. The summed E-state index contributed by atoms with van der Waals surface area (Å²) in [7, 11) is 0. The highest BCUT2D eigenvalue weighted by molar-refractivity contribution is 9.10. The topological polar surface area (TPSA) is 20.3 Å². The molecule has 1 rings (SSSR count). The van der Waals surface area contributed by atoms with Gasteiger partial charge in [0.05, 0.1) is 6.04 Å². The van der Waals surface area contributed by atoms with Crippen molar-refractivity contribution in [3.8, 4) is 0 Å². The van der Waals surface area contributed by atoms with Gasteiger partial charge < -0.3 is 4.90 Å². The Morgan fingerprint density at radius 1 is 1.32 bits per heavy atom. The molecular weight excluding hydrogens is 302 g/mol. The Morgan fingerprint density at radius 2 is 1.89 bits per heavy atom. The minimum absolute atomic E-state index is 0.0854. The highest BCUT2D eigenvalue weighted by Gasteiger charge is 2.30. The lowest BCUT2D eigenvalue weighted by molar-refractivity contribution is -0.141. The highest BCUT2D eigenvalue weighted by atomic mass is 79.9. The quantitative estimate of drug-likeness (QED) is 0.779. The summed E-state index contributed by atoms with van der Waals surface area (Å²) < 4.78 is 1.06. The van der Waals surface area contributed by atoms with Crippen LogP contribution in [0.25, 0.3) is 0 Å². The summed E-state index contributed by atoms with van der Waals surface area (Å²) in [6.07, 6.45) is 0.969. The molecule has 1 unspecified atom stereocenters. The van der Waals surface area contributed by atoms with Gasteiger partial charge >= 0.3 is 0 Å². The molecule has 1 aromatic rings. The van der Waals surface area contributed by atoms with Crippen LogP contribution in [0.15, 0.2) is 28.7 Å². The van der Waals surface area contributed by atoms with Gasteiger partial charge in [0.2, 0.25) is 5.91 Å². The number of carbonyl (C=O) groups is 1. The highest BCUT2D eigenvalue weighted by Crippen LogP contribution is 2.30. The predicted octanol–water partition coefficient (Wildman–Crippen LogP) is 4.79. The zero-order valence-corrected chi connectivity index (χ0v) is 14.1. The molecule has 0 bridgehead atoms. The number of hydrogen-bond acceptors (Lipinski definition) is 1. The standard InChI is InChI=1S/C16H24BrNO/c1-6-11-18(15(19)16(3,4)5)12(2)13-9-7-8-10-14(13)17/h7-10,12H,6,11H2,1-5H3. The molecule has 1 amide bonds. The lowest BCUT2D eigenvalue weighted by atomic mass is 9.93. The van der Waals surface area contributed by atoms with Gasteiger partial charge in [-0.15, -0.1) is 0 Å². The van der Waals surface area contributed by atoms with Crippen molar-refractivity contribution in [2.24, 2.45) is 5.41 Å². The van der Waals surface area contributed by atoms with Crippen molar-refractivity contribution in [1.29, 1.82) is 0 Å². The fraction of sp³-hybridized carbons (Fsp3) is 0.562. The van der Waals surface area contributed by atoms with E-state index in [0.717, 1.165) is 23.0 Å². The van der Waals surface area contributed by atoms with Gasteiger partial charge in [0, 0.05) is 16.4 Å². The fourth-order valence-electron chi connectivity index (χ4n) is 2.12. The van der Waals surface area contributed by atoms with Gasteiger partial charge in [-0.1, -0.05) is 61.8 Å². The summed E-state index contributed by atoms with van der Waals surface area (Å²) in [5.41, 5.74) is 0.818. The summed E-state index contributed by atoms with van der Waals surface area (Å²) in [6.45, 7) is 10.9. The average molecular weight is 326 g/mol. The number of rotatable bonds is 4. The summed E-state index contributed by atoms with van der Waals surface area (Å²) in [6, 6.07) is 8.20. The second-order valence-corrected chi connectivity index (χ2v) is 6.80. The van der Waals surface area contributed by atoms with E-state index in [9.17, 15) is 4.79 Å². The second-order valence-electron chi connectivity index (χ2n) is 5.95. The van der Waals surface area contributed by atoms with Crippen LogP contribution in [-0.4, -0.2) is 17.4 Å². The largest absolute Gasteiger partial charge is 0.335 e. The van der Waals surface area contributed by atoms with Gasteiger partial charge in [-0.2, -0.15) is 0 Å². The number of nitrogens with zero attached hydrogens (tertiary/aromatic N) is 1. The van der Waals surface area contributed by atoms with Crippen LogP contribution in [0.1, 0.15) is 52.6 Å². The average Bonchev–Trinajstić information content (AvgIpc) is 2.34. The first-order valence-corrected chi connectivity index (χ1v) is 7.63. The Labute approximate surface area is 125 Å². The van der Waals surface area contributed by atoms with Gasteiger partial charge in [-0.05, 0) is 25.0 Å². The number of benzene rings is 1. The van der Waals surface area contributed by atoms with Gasteiger partial charge in [0.1, 0.15) is 0 Å². The molecule has 19 heavy (non-hydrogen) atoms. The summed E-state index contributed by atoms with van der Waals surface area (Å²) >= 11 is 3.58. The lowest BCUT2D eigenvalue weighted by Crippen LogP contribution is -2.41. The monoisotopic (exact) mass is 325 g/mol. The smallest absolute Gasteiger partial charge is 0.228 e.